The zero-order valence-electron chi connectivity index (χ0n) is 15.0. The number of Topliss-reactive ketones (excluding diaryl/α,β-unsaturated/α-hetero) is 1. The summed E-state index contributed by atoms with van der Waals surface area (Å²) >= 11 is 0. The summed E-state index contributed by atoms with van der Waals surface area (Å²) in [5.41, 5.74) is -0.354. The van der Waals surface area contributed by atoms with E-state index >= 15 is 0 Å². The largest absolute Gasteiger partial charge is 0.340 e. The molecule has 0 spiro atoms. The molecule has 0 unspecified atom stereocenters. The molecule has 7 nitrogen and oxygen atoms in total. The number of carbonyl (C=O) groups is 4. The van der Waals surface area contributed by atoms with Crippen molar-refractivity contribution in [2.24, 2.45) is 5.92 Å². The molecular formula is C19H23N3O4. The third-order valence-corrected chi connectivity index (χ3v) is 4.94. The first-order valence-corrected chi connectivity index (χ1v) is 8.81. The lowest BCUT2D eigenvalue weighted by atomic mass is 9.90. The number of rotatable bonds is 4. The van der Waals surface area contributed by atoms with Crippen molar-refractivity contribution in [2.45, 2.75) is 32.2 Å². The second-order valence-corrected chi connectivity index (χ2v) is 7.36. The van der Waals surface area contributed by atoms with Gasteiger partial charge in [0.05, 0.1) is 0 Å². The van der Waals surface area contributed by atoms with E-state index in [1.165, 1.54) is 0 Å². The van der Waals surface area contributed by atoms with E-state index in [1.54, 1.807) is 30.9 Å². The predicted molar refractivity (Wildman–Crippen MR) is 94.4 cm³/mol. The summed E-state index contributed by atoms with van der Waals surface area (Å²) < 4.78 is 0. The normalized spacial score (nSPS) is 22.3. The van der Waals surface area contributed by atoms with Crippen molar-refractivity contribution in [1.82, 2.24) is 15.1 Å². The number of amides is 4. The summed E-state index contributed by atoms with van der Waals surface area (Å²) in [4.78, 5) is 51.9. The number of nitrogens with zero attached hydrogens (tertiary/aromatic N) is 2. The van der Waals surface area contributed by atoms with E-state index in [0.29, 0.717) is 18.7 Å². The highest BCUT2D eigenvalue weighted by molar-refractivity contribution is 6.08. The number of nitrogens with one attached hydrogen (secondary N) is 1. The molecule has 0 saturated carbocycles. The van der Waals surface area contributed by atoms with Crippen molar-refractivity contribution < 1.29 is 19.2 Å². The van der Waals surface area contributed by atoms with Gasteiger partial charge in [0.1, 0.15) is 12.1 Å². The number of hydrogen-bond donors (Lipinski definition) is 1. The van der Waals surface area contributed by atoms with Gasteiger partial charge in [0.15, 0.2) is 5.78 Å². The van der Waals surface area contributed by atoms with Crippen LogP contribution < -0.4 is 5.32 Å². The second kappa shape index (κ2) is 6.90. The Kier molecular flexibility index (Phi) is 4.80. The van der Waals surface area contributed by atoms with Gasteiger partial charge in [0.2, 0.25) is 5.91 Å². The molecule has 7 heteroatoms. The van der Waals surface area contributed by atoms with E-state index < -0.39 is 17.5 Å². The summed E-state index contributed by atoms with van der Waals surface area (Å²) in [6.07, 6.45) is 1.45. The van der Waals surface area contributed by atoms with Gasteiger partial charge in [-0.3, -0.25) is 19.3 Å². The topological polar surface area (TPSA) is 86.8 Å². The van der Waals surface area contributed by atoms with Crippen molar-refractivity contribution in [1.29, 1.82) is 0 Å². The number of benzene rings is 1. The monoisotopic (exact) mass is 357 g/mol. The lowest BCUT2D eigenvalue weighted by molar-refractivity contribution is -0.139. The smallest absolute Gasteiger partial charge is 0.325 e. The number of carbonyl (C=O) groups excluding carboxylic acids is 4. The molecule has 2 aliphatic heterocycles. The van der Waals surface area contributed by atoms with Crippen molar-refractivity contribution in [3.05, 3.63) is 35.9 Å². The first-order valence-electron chi connectivity index (χ1n) is 8.81. The minimum absolute atomic E-state index is 0.0271. The Bertz CT molecular complexity index is 744. The Morgan fingerprint density at radius 2 is 1.88 bits per heavy atom. The number of imide groups is 1. The van der Waals surface area contributed by atoms with Crippen LogP contribution >= 0.6 is 0 Å². The van der Waals surface area contributed by atoms with Gasteiger partial charge >= 0.3 is 6.03 Å². The van der Waals surface area contributed by atoms with Crippen LogP contribution in [0.4, 0.5) is 4.79 Å². The quantitative estimate of drug-likeness (QED) is 0.652. The van der Waals surface area contributed by atoms with Gasteiger partial charge < -0.3 is 10.2 Å². The van der Waals surface area contributed by atoms with Gasteiger partial charge in [-0.1, -0.05) is 30.3 Å². The van der Waals surface area contributed by atoms with E-state index in [4.69, 9.17) is 0 Å². The van der Waals surface area contributed by atoms with Crippen LogP contribution in [0.5, 0.6) is 0 Å². The fraction of sp³-hybridized carbons (Fsp3) is 0.474. The average Bonchev–Trinajstić information content (AvgIpc) is 2.83. The maximum Gasteiger partial charge on any atom is 0.325 e. The molecule has 0 aromatic heterocycles. The van der Waals surface area contributed by atoms with Crippen LogP contribution in [0.1, 0.15) is 37.0 Å². The van der Waals surface area contributed by atoms with Crippen molar-refractivity contribution in [3.63, 3.8) is 0 Å². The number of ketones is 1. The highest BCUT2D eigenvalue weighted by atomic mass is 16.2. The van der Waals surface area contributed by atoms with Crippen molar-refractivity contribution >= 4 is 23.6 Å². The SMILES string of the molecule is CC1(C)NC(=O)N(CC(=O)N2CCC[C@H](C(=O)c3ccccc3)C2)C1=O. The summed E-state index contributed by atoms with van der Waals surface area (Å²) in [6.45, 7) is 3.77. The molecule has 26 heavy (non-hydrogen) atoms. The lowest BCUT2D eigenvalue weighted by Gasteiger charge is -2.32. The Labute approximate surface area is 152 Å². The van der Waals surface area contributed by atoms with Crippen molar-refractivity contribution in [3.8, 4) is 0 Å². The molecule has 138 valence electrons. The third kappa shape index (κ3) is 3.47. The summed E-state index contributed by atoms with van der Waals surface area (Å²) in [7, 11) is 0. The molecule has 1 N–H and O–H groups in total. The molecular weight excluding hydrogens is 334 g/mol. The van der Waals surface area contributed by atoms with Gasteiger partial charge in [-0.05, 0) is 26.7 Å². The standard InChI is InChI=1S/C19H23N3O4/c1-19(2)17(25)22(18(26)20-19)12-15(23)21-10-6-9-14(11-21)16(24)13-7-4-3-5-8-13/h3-5,7-8,14H,6,9-12H2,1-2H3,(H,20,26)/t14-/m0/s1. The van der Waals surface area contributed by atoms with Crippen LogP contribution in [0, 0.1) is 5.92 Å². The molecule has 2 aliphatic rings. The number of urea groups is 1. The van der Waals surface area contributed by atoms with Gasteiger partial charge in [-0.15, -0.1) is 0 Å². The molecule has 2 saturated heterocycles. The highest BCUT2D eigenvalue weighted by Gasteiger charge is 2.45. The molecule has 2 heterocycles. The van der Waals surface area contributed by atoms with E-state index in [2.05, 4.69) is 5.32 Å². The van der Waals surface area contributed by atoms with Crippen LogP contribution in [-0.2, 0) is 9.59 Å². The fourth-order valence-corrected chi connectivity index (χ4v) is 3.45. The fourth-order valence-electron chi connectivity index (χ4n) is 3.45. The first kappa shape index (κ1) is 18.1. The third-order valence-electron chi connectivity index (χ3n) is 4.94. The number of likely N-dealkylation sites (tertiary alicyclic amines) is 1. The molecule has 2 fully saturated rings. The Hall–Kier alpha value is -2.70. The van der Waals surface area contributed by atoms with E-state index in [0.717, 1.165) is 17.7 Å². The lowest BCUT2D eigenvalue weighted by Crippen LogP contribution is -2.48. The molecule has 0 aliphatic carbocycles. The predicted octanol–water partition coefficient (Wildman–Crippen LogP) is 1.44. The molecule has 1 aromatic rings. The van der Waals surface area contributed by atoms with Crippen LogP contribution in [0.3, 0.4) is 0 Å². The molecule has 3 rings (SSSR count). The zero-order valence-corrected chi connectivity index (χ0v) is 15.0. The van der Waals surface area contributed by atoms with Gasteiger partial charge in [-0.25, -0.2) is 4.79 Å². The Morgan fingerprint density at radius 3 is 2.50 bits per heavy atom. The molecule has 1 atom stereocenters. The van der Waals surface area contributed by atoms with Crippen LogP contribution in [-0.4, -0.2) is 58.6 Å². The maximum atomic E-state index is 12.6. The summed E-state index contributed by atoms with van der Waals surface area (Å²) in [5.74, 6) is -0.949. The van der Waals surface area contributed by atoms with E-state index in [-0.39, 0.29) is 24.2 Å². The van der Waals surface area contributed by atoms with Gasteiger partial charge in [0.25, 0.3) is 5.91 Å². The minimum Gasteiger partial charge on any atom is -0.340 e. The van der Waals surface area contributed by atoms with Crippen LogP contribution in [0.15, 0.2) is 30.3 Å². The van der Waals surface area contributed by atoms with Gasteiger partial charge in [0, 0.05) is 24.6 Å². The summed E-state index contributed by atoms with van der Waals surface area (Å²) in [5, 5.41) is 2.56. The molecule has 4 amide bonds. The second-order valence-electron chi connectivity index (χ2n) is 7.36. The minimum atomic E-state index is -0.995. The highest BCUT2D eigenvalue weighted by Crippen LogP contribution is 2.22. The maximum absolute atomic E-state index is 12.6. The molecule has 1 aromatic carbocycles. The first-order chi connectivity index (χ1) is 12.3. The average molecular weight is 357 g/mol. The Morgan fingerprint density at radius 1 is 1.19 bits per heavy atom. The Balaban J connectivity index is 1.64. The van der Waals surface area contributed by atoms with Crippen LogP contribution in [0.25, 0.3) is 0 Å². The summed E-state index contributed by atoms with van der Waals surface area (Å²) in [6, 6.07) is 8.49. The molecule has 0 radical (unpaired) electrons. The van der Waals surface area contributed by atoms with Crippen LogP contribution in [0.2, 0.25) is 0 Å². The van der Waals surface area contributed by atoms with Gasteiger partial charge in [-0.2, -0.15) is 0 Å². The molecule has 0 bridgehead atoms. The van der Waals surface area contributed by atoms with Crippen molar-refractivity contribution in [2.75, 3.05) is 19.6 Å². The van der Waals surface area contributed by atoms with E-state index in [1.807, 2.05) is 18.2 Å². The number of hydrogen-bond acceptors (Lipinski definition) is 4. The van der Waals surface area contributed by atoms with E-state index in [9.17, 15) is 19.2 Å². The zero-order chi connectivity index (χ0) is 18.9. The number of piperidine rings is 1.